The molecule has 0 saturated carbocycles. The van der Waals surface area contributed by atoms with Gasteiger partial charge in [-0.25, -0.2) is 15.0 Å². The van der Waals surface area contributed by atoms with Crippen molar-refractivity contribution >= 4 is 22.8 Å². The molecule has 0 bridgehead atoms. The van der Waals surface area contributed by atoms with Crippen molar-refractivity contribution in [1.82, 2.24) is 19.5 Å². The first-order valence-electron chi connectivity index (χ1n) is 10.4. The van der Waals surface area contributed by atoms with Gasteiger partial charge in [-0.2, -0.15) is 0 Å². The third-order valence-electron chi connectivity index (χ3n) is 5.27. The van der Waals surface area contributed by atoms with E-state index < -0.39 is 0 Å². The zero-order chi connectivity index (χ0) is 21.8. The number of aromatic nitrogens is 4. The first-order chi connectivity index (χ1) is 15.8. The second kappa shape index (κ2) is 8.81. The number of hydrogen-bond donors (Lipinski definition) is 1. The van der Waals surface area contributed by atoms with Gasteiger partial charge < -0.3 is 9.88 Å². The van der Waals surface area contributed by atoms with Crippen LogP contribution in [0.1, 0.15) is 15.9 Å². The maximum Gasteiger partial charge on any atom is 0.183 e. The van der Waals surface area contributed by atoms with Crippen molar-refractivity contribution < 1.29 is 4.79 Å². The smallest absolute Gasteiger partial charge is 0.183 e. The highest BCUT2D eigenvalue weighted by Gasteiger charge is 2.20. The largest absolute Gasteiger partial charge is 0.364 e. The summed E-state index contributed by atoms with van der Waals surface area (Å²) >= 11 is 0. The highest BCUT2D eigenvalue weighted by Crippen LogP contribution is 2.28. The van der Waals surface area contributed by atoms with Gasteiger partial charge >= 0.3 is 0 Å². The van der Waals surface area contributed by atoms with E-state index in [1.807, 2.05) is 83.4 Å². The fourth-order valence-electron chi connectivity index (χ4n) is 3.70. The zero-order valence-electron chi connectivity index (χ0n) is 17.3. The van der Waals surface area contributed by atoms with Crippen molar-refractivity contribution in [2.24, 2.45) is 0 Å². The minimum atomic E-state index is -0.0000523. The summed E-state index contributed by atoms with van der Waals surface area (Å²) in [4.78, 5) is 26.7. The van der Waals surface area contributed by atoms with Crippen molar-refractivity contribution in [3.63, 3.8) is 0 Å². The summed E-state index contributed by atoms with van der Waals surface area (Å²) < 4.78 is 1.91. The second-order valence-electron chi connectivity index (χ2n) is 7.41. The first kappa shape index (κ1) is 19.6. The second-order valence-corrected chi connectivity index (χ2v) is 7.41. The van der Waals surface area contributed by atoms with Crippen molar-refractivity contribution in [2.75, 3.05) is 5.32 Å². The number of benzene rings is 3. The highest BCUT2D eigenvalue weighted by atomic mass is 16.1. The molecule has 0 saturated heterocycles. The molecular formula is C26H21N5O. The molecule has 0 aliphatic heterocycles. The lowest BCUT2D eigenvalue weighted by atomic mass is 10.1. The molecule has 0 aliphatic carbocycles. The van der Waals surface area contributed by atoms with Crippen LogP contribution in [0.5, 0.6) is 0 Å². The van der Waals surface area contributed by atoms with E-state index in [1.165, 1.54) is 6.33 Å². The SMILES string of the molecule is O=C(Cn1c(-c2ccccc2)nc2ncnc(NCc3ccccc3)c21)c1ccccc1. The van der Waals surface area contributed by atoms with Crippen LogP contribution in [0.2, 0.25) is 0 Å². The van der Waals surface area contributed by atoms with Crippen LogP contribution < -0.4 is 5.32 Å². The fourth-order valence-corrected chi connectivity index (χ4v) is 3.70. The van der Waals surface area contributed by atoms with Crippen molar-refractivity contribution in [2.45, 2.75) is 13.1 Å². The van der Waals surface area contributed by atoms with Crippen LogP contribution in [0.15, 0.2) is 97.3 Å². The first-order valence-corrected chi connectivity index (χ1v) is 10.4. The molecule has 0 spiro atoms. The molecule has 0 atom stereocenters. The molecule has 32 heavy (non-hydrogen) atoms. The van der Waals surface area contributed by atoms with Gasteiger partial charge in [-0.3, -0.25) is 4.79 Å². The number of carbonyl (C=O) groups is 1. The van der Waals surface area contributed by atoms with E-state index in [9.17, 15) is 4.79 Å². The van der Waals surface area contributed by atoms with E-state index in [0.29, 0.717) is 34.9 Å². The van der Waals surface area contributed by atoms with E-state index in [1.54, 1.807) is 0 Å². The lowest BCUT2D eigenvalue weighted by molar-refractivity contribution is 0.0974. The number of ketones is 1. The molecule has 6 nitrogen and oxygen atoms in total. The maximum absolute atomic E-state index is 13.1. The molecule has 2 aromatic heterocycles. The topological polar surface area (TPSA) is 72.7 Å². The molecule has 0 aliphatic rings. The Hall–Kier alpha value is -4.32. The van der Waals surface area contributed by atoms with Crippen LogP contribution in [-0.2, 0) is 13.1 Å². The summed E-state index contributed by atoms with van der Waals surface area (Å²) in [5.74, 6) is 1.34. The van der Waals surface area contributed by atoms with Crippen LogP contribution in [0, 0.1) is 0 Å². The maximum atomic E-state index is 13.1. The number of anilines is 1. The van der Waals surface area contributed by atoms with E-state index >= 15 is 0 Å². The molecule has 6 heteroatoms. The Morgan fingerprint density at radius 1 is 0.812 bits per heavy atom. The number of fused-ring (bicyclic) bond motifs is 1. The predicted molar refractivity (Wildman–Crippen MR) is 125 cm³/mol. The molecule has 5 rings (SSSR count). The van der Waals surface area contributed by atoms with Gasteiger partial charge in [0.25, 0.3) is 0 Å². The van der Waals surface area contributed by atoms with E-state index in [-0.39, 0.29) is 12.3 Å². The van der Waals surface area contributed by atoms with E-state index in [2.05, 4.69) is 27.4 Å². The van der Waals surface area contributed by atoms with Crippen LogP contribution >= 0.6 is 0 Å². The third-order valence-corrected chi connectivity index (χ3v) is 5.27. The Bertz CT molecular complexity index is 1350. The van der Waals surface area contributed by atoms with Gasteiger partial charge in [0.1, 0.15) is 17.7 Å². The molecule has 0 unspecified atom stereocenters. The fraction of sp³-hybridized carbons (Fsp3) is 0.0769. The average molecular weight is 419 g/mol. The number of carbonyl (C=O) groups excluding carboxylic acids is 1. The summed E-state index contributed by atoms with van der Waals surface area (Å²) in [5.41, 5.74) is 3.97. The van der Waals surface area contributed by atoms with Crippen LogP contribution in [0.4, 0.5) is 5.82 Å². The summed E-state index contributed by atoms with van der Waals surface area (Å²) in [6, 6.07) is 29.2. The van der Waals surface area contributed by atoms with Crippen molar-refractivity contribution in [3.8, 4) is 11.4 Å². The van der Waals surface area contributed by atoms with Crippen LogP contribution in [0.25, 0.3) is 22.6 Å². The molecule has 0 radical (unpaired) electrons. The zero-order valence-corrected chi connectivity index (χ0v) is 17.3. The minimum Gasteiger partial charge on any atom is -0.364 e. The number of nitrogens with one attached hydrogen (secondary N) is 1. The van der Waals surface area contributed by atoms with Gasteiger partial charge in [0.15, 0.2) is 17.2 Å². The molecule has 0 fully saturated rings. The molecule has 2 heterocycles. The molecule has 5 aromatic rings. The van der Waals surface area contributed by atoms with Gasteiger partial charge in [0.05, 0.1) is 6.54 Å². The quantitative estimate of drug-likeness (QED) is 0.376. The number of rotatable bonds is 7. The predicted octanol–water partition coefficient (Wildman–Crippen LogP) is 4.99. The highest BCUT2D eigenvalue weighted by molar-refractivity contribution is 5.98. The minimum absolute atomic E-state index is 0.0000523. The Labute approximate surface area is 185 Å². The number of Topliss-reactive ketones (excluding diaryl/α,β-unsaturated/α-hetero) is 1. The summed E-state index contributed by atoms with van der Waals surface area (Å²) in [7, 11) is 0. The van der Waals surface area contributed by atoms with Gasteiger partial charge in [-0.1, -0.05) is 91.0 Å². The number of imidazole rings is 1. The lowest BCUT2D eigenvalue weighted by Crippen LogP contribution is -2.13. The Balaban J connectivity index is 1.60. The van der Waals surface area contributed by atoms with Crippen molar-refractivity contribution in [1.29, 1.82) is 0 Å². The Kier molecular flexibility index (Phi) is 5.41. The van der Waals surface area contributed by atoms with Crippen LogP contribution in [-0.4, -0.2) is 25.3 Å². The number of hydrogen-bond acceptors (Lipinski definition) is 5. The van der Waals surface area contributed by atoms with Crippen molar-refractivity contribution in [3.05, 3.63) is 108 Å². The molecular weight excluding hydrogens is 398 g/mol. The Morgan fingerprint density at radius 3 is 2.19 bits per heavy atom. The lowest BCUT2D eigenvalue weighted by Gasteiger charge is -2.12. The molecule has 1 N–H and O–H groups in total. The molecule has 0 amide bonds. The van der Waals surface area contributed by atoms with Crippen LogP contribution in [0.3, 0.4) is 0 Å². The summed E-state index contributed by atoms with van der Waals surface area (Å²) in [5, 5.41) is 3.40. The van der Waals surface area contributed by atoms with Gasteiger partial charge in [-0.05, 0) is 5.56 Å². The monoisotopic (exact) mass is 419 g/mol. The average Bonchev–Trinajstić information content (AvgIpc) is 3.23. The standard InChI is InChI=1S/C26H21N5O/c32-22(20-12-6-2-7-13-20)17-31-23-24(27-16-19-10-4-1-5-11-19)28-18-29-25(23)30-26(31)21-14-8-3-9-15-21/h1-15,18H,16-17H2,(H,27,28,29). The van der Waals surface area contributed by atoms with Gasteiger partial charge in [0.2, 0.25) is 0 Å². The van der Waals surface area contributed by atoms with E-state index in [4.69, 9.17) is 4.98 Å². The van der Waals surface area contributed by atoms with Gasteiger partial charge in [0, 0.05) is 17.7 Å². The number of nitrogens with zero attached hydrogens (tertiary/aromatic N) is 4. The molecule has 156 valence electrons. The van der Waals surface area contributed by atoms with E-state index in [0.717, 1.165) is 11.1 Å². The normalized spacial score (nSPS) is 10.9. The third kappa shape index (κ3) is 3.98. The Morgan fingerprint density at radius 2 is 1.47 bits per heavy atom. The molecule has 3 aromatic carbocycles. The van der Waals surface area contributed by atoms with Gasteiger partial charge in [-0.15, -0.1) is 0 Å². The summed E-state index contributed by atoms with van der Waals surface area (Å²) in [6.45, 7) is 0.740. The summed E-state index contributed by atoms with van der Waals surface area (Å²) in [6.07, 6.45) is 1.50.